The van der Waals surface area contributed by atoms with E-state index in [1.54, 1.807) is 0 Å². The van der Waals surface area contributed by atoms with Gasteiger partial charge in [-0.2, -0.15) is 0 Å². The second-order valence-electron chi connectivity index (χ2n) is 4.47. The lowest BCUT2D eigenvalue weighted by Gasteiger charge is -2.26. The highest BCUT2D eigenvalue weighted by Gasteiger charge is 2.22. The molecule has 13 heavy (non-hydrogen) atoms. The summed E-state index contributed by atoms with van der Waals surface area (Å²) in [7, 11) is 0. The van der Waals surface area contributed by atoms with E-state index in [-0.39, 0.29) is 5.41 Å². The molecule has 1 atom stereocenters. The van der Waals surface area contributed by atoms with Gasteiger partial charge < -0.3 is 0 Å². The Labute approximate surface area is 94.1 Å². The Kier molecular flexibility index (Phi) is 3.33. The Morgan fingerprint density at radius 2 is 1.92 bits per heavy atom. The van der Waals surface area contributed by atoms with Gasteiger partial charge in [-0.15, -0.1) is 0 Å². The summed E-state index contributed by atoms with van der Waals surface area (Å²) in [5.41, 5.74) is 1.48. The molecule has 0 bridgehead atoms. The molecule has 0 saturated carbocycles. The zero-order chi connectivity index (χ0) is 10.1. The van der Waals surface area contributed by atoms with Gasteiger partial charge in [-0.1, -0.05) is 33.8 Å². The first kappa shape index (κ1) is 11.0. The lowest BCUT2D eigenvalue weighted by molar-refractivity contribution is 0.334. The van der Waals surface area contributed by atoms with Crippen LogP contribution in [0.2, 0.25) is 0 Å². The largest absolute Gasteiger partial charge is 0.247 e. The molecule has 0 fully saturated rings. The molecule has 0 aliphatic rings. The maximum atomic E-state index is 4.53. The maximum Gasteiger partial charge on any atom is 0.101 e. The summed E-state index contributed by atoms with van der Waals surface area (Å²) >= 11 is 2.26. The summed E-state index contributed by atoms with van der Waals surface area (Å²) < 4.78 is 1.08. The Hall–Kier alpha value is -0.120. The first-order valence-electron chi connectivity index (χ1n) is 4.53. The van der Waals surface area contributed by atoms with E-state index < -0.39 is 0 Å². The molecular formula is C11H16IN. The summed E-state index contributed by atoms with van der Waals surface area (Å²) in [5, 5.41) is 0. The van der Waals surface area contributed by atoms with E-state index in [2.05, 4.69) is 67.4 Å². The Balaban J connectivity index is 2.96. The van der Waals surface area contributed by atoms with Crippen molar-refractivity contribution in [2.75, 3.05) is 0 Å². The average molecular weight is 289 g/mol. The van der Waals surface area contributed by atoms with Gasteiger partial charge in [-0.05, 0) is 40.1 Å². The number of aromatic nitrogens is 1. The van der Waals surface area contributed by atoms with Gasteiger partial charge in [0.05, 0.1) is 0 Å². The minimum atomic E-state index is 0.289. The van der Waals surface area contributed by atoms with Crippen molar-refractivity contribution >= 4 is 22.6 Å². The van der Waals surface area contributed by atoms with Crippen LogP contribution in [0, 0.1) is 9.12 Å². The van der Waals surface area contributed by atoms with Crippen molar-refractivity contribution < 1.29 is 0 Å². The molecule has 72 valence electrons. The monoisotopic (exact) mass is 289 g/mol. The van der Waals surface area contributed by atoms with Crippen molar-refractivity contribution in [1.82, 2.24) is 4.98 Å². The second-order valence-corrected chi connectivity index (χ2v) is 5.58. The average Bonchev–Trinajstić information content (AvgIpc) is 2.01. The molecule has 0 N–H and O–H groups in total. The highest BCUT2D eigenvalue weighted by atomic mass is 127. The summed E-state index contributed by atoms with van der Waals surface area (Å²) in [6.07, 6.45) is 0. The molecule has 1 aromatic rings. The lowest BCUT2D eigenvalue weighted by Crippen LogP contribution is -2.16. The van der Waals surface area contributed by atoms with Crippen LogP contribution in [0.1, 0.15) is 39.3 Å². The number of nitrogens with zero attached hydrogens (tertiary/aromatic N) is 1. The van der Waals surface area contributed by atoms with E-state index in [0.717, 1.165) is 3.70 Å². The van der Waals surface area contributed by atoms with Crippen LogP contribution in [0.25, 0.3) is 0 Å². The normalized spacial score (nSPS) is 14.2. The summed E-state index contributed by atoms with van der Waals surface area (Å²) in [5.74, 6) is 0.502. The van der Waals surface area contributed by atoms with Gasteiger partial charge in [-0.3, -0.25) is 0 Å². The first-order valence-corrected chi connectivity index (χ1v) is 5.61. The topological polar surface area (TPSA) is 12.9 Å². The molecule has 0 aliphatic heterocycles. The van der Waals surface area contributed by atoms with Crippen LogP contribution in [-0.2, 0) is 0 Å². The first-order chi connectivity index (χ1) is 5.91. The Morgan fingerprint density at radius 1 is 1.31 bits per heavy atom. The van der Waals surface area contributed by atoms with Gasteiger partial charge in [0.25, 0.3) is 0 Å². The highest BCUT2D eigenvalue weighted by molar-refractivity contribution is 14.1. The van der Waals surface area contributed by atoms with Gasteiger partial charge in [0.15, 0.2) is 0 Å². The number of halogens is 1. The zero-order valence-electron chi connectivity index (χ0n) is 8.63. The van der Waals surface area contributed by atoms with Crippen LogP contribution in [-0.4, -0.2) is 4.98 Å². The molecule has 0 aromatic carbocycles. The van der Waals surface area contributed by atoms with E-state index in [1.807, 2.05) is 6.07 Å². The zero-order valence-corrected chi connectivity index (χ0v) is 10.8. The smallest absolute Gasteiger partial charge is 0.101 e. The standard InChI is InChI=1S/C11H16IN/c1-8(11(2,3)4)9-6-5-7-10(12)13-9/h5-8H,1-4H3. The van der Waals surface area contributed by atoms with E-state index in [4.69, 9.17) is 0 Å². The van der Waals surface area contributed by atoms with Crippen LogP contribution in [0.3, 0.4) is 0 Å². The number of pyridine rings is 1. The van der Waals surface area contributed by atoms with Crippen molar-refractivity contribution in [2.45, 2.75) is 33.6 Å². The molecule has 1 unspecified atom stereocenters. The highest BCUT2D eigenvalue weighted by Crippen LogP contribution is 2.33. The molecule has 1 nitrogen and oxygen atoms in total. The lowest BCUT2D eigenvalue weighted by atomic mass is 9.80. The Bertz CT molecular complexity index is 288. The third kappa shape index (κ3) is 2.93. The SMILES string of the molecule is CC(c1cccc(I)n1)C(C)(C)C. The van der Waals surface area contributed by atoms with E-state index in [1.165, 1.54) is 5.69 Å². The molecule has 1 aromatic heterocycles. The van der Waals surface area contributed by atoms with E-state index >= 15 is 0 Å². The van der Waals surface area contributed by atoms with Crippen LogP contribution < -0.4 is 0 Å². The van der Waals surface area contributed by atoms with Gasteiger partial charge in [0, 0.05) is 11.6 Å². The fourth-order valence-electron chi connectivity index (χ4n) is 1.11. The third-order valence-corrected chi connectivity index (χ3v) is 3.08. The Morgan fingerprint density at radius 3 is 2.38 bits per heavy atom. The molecule has 1 heterocycles. The number of rotatable bonds is 1. The van der Waals surface area contributed by atoms with Crippen LogP contribution in [0.5, 0.6) is 0 Å². The summed E-state index contributed by atoms with van der Waals surface area (Å²) in [6, 6.07) is 6.21. The number of hydrogen-bond donors (Lipinski definition) is 0. The van der Waals surface area contributed by atoms with Gasteiger partial charge >= 0.3 is 0 Å². The predicted molar refractivity (Wildman–Crippen MR) is 64.8 cm³/mol. The van der Waals surface area contributed by atoms with Crippen molar-refractivity contribution in [3.8, 4) is 0 Å². The quantitative estimate of drug-likeness (QED) is 0.565. The van der Waals surface area contributed by atoms with Crippen molar-refractivity contribution in [2.24, 2.45) is 5.41 Å². The molecule has 0 spiro atoms. The van der Waals surface area contributed by atoms with Gasteiger partial charge in [0.2, 0.25) is 0 Å². The molecule has 0 saturated heterocycles. The molecule has 1 rings (SSSR count). The fraction of sp³-hybridized carbons (Fsp3) is 0.545. The summed E-state index contributed by atoms with van der Waals surface area (Å²) in [4.78, 5) is 4.53. The fourth-order valence-corrected chi connectivity index (χ4v) is 1.59. The van der Waals surface area contributed by atoms with E-state index in [0.29, 0.717) is 5.92 Å². The van der Waals surface area contributed by atoms with Crippen LogP contribution in [0.4, 0.5) is 0 Å². The van der Waals surface area contributed by atoms with Gasteiger partial charge in [-0.25, -0.2) is 4.98 Å². The number of hydrogen-bond acceptors (Lipinski definition) is 1. The molecule has 0 amide bonds. The third-order valence-electron chi connectivity index (χ3n) is 2.48. The van der Waals surface area contributed by atoms with Crippen molar-refractivity contribution in [3.05, 3.63) is 27.6 Å². The summed E-state index contributed by atoms with van der Waals surface area (Å²) in [6.45, 7) is 8.98. The van der Waals surface area contributed by atoms with Crippen molar-refractivity contribution in [1.29, 1.82) is 0 Å². The van der Waals surface area contributed by atoms with E-state index in [9.17, 15) is 0 Å². The minimum Gasteiger partial charge on any atom is -0.247 e. The molecule has 0 radical (unpaired) electrons. The molecule has 0 aliphatic carbocycles. The second kappa shape index (κ2) is 3.95. The predicted octanol–water partition coefficient (Wildman–Crippen LogP) is 3.84. The van der Waals surface area contributed by atoms with Crippen LogP contribution in [0.15, 0.2) is 18.2 Å². The van der Waals surface area contributed by atoms with Crippen molar-refractivity contribution in [3.63, 3.8) is 0 Å². The minimum absolute atomic E-state index is 0.289. The van der Waals surface area contributed by atoms with Gasteiger partial charge in [0.1, 0.15) is 3.70 Å². The van der Waals surface area contributed by atoms with Crippen LogP contribution >= 0.6 is 22.6 Å². The maximum absolute atomic E-state index is 4.53. The molecule has 2 heteroatoms. The molecular weight excluding hydrogens is 273 g/mol.